The smallest absolute Gasteiger partial charge is 0.251 e. The van der Waals surface area contributed by atoms with Crippen molar-refractivity contribution in [2.75, 3.05) is 5.73 Å². The molecule has 0 aromatic heterocycles. The molecule has 0 spiro atoms. The number of nitrogens with one attached hydrogen (secondary N) is 1. The third-order valence-corrected chi connectivity index (χ3v) is 4.58. The Labute approximate surface area is 119 Å². The maximum absolute atomic E-state index is 13.6. The molecular weight excluding hydrogens is 255 g/mol. The van der Waals surface area contributed by atoms with Gasteiger partial charge in [0.05, 0.1) is 0 Å². The van der Waals surface area contributed by atoms with Gasteiger partial charge in [-0.15, -0.1) is 0 Å². The van der Waals surface area contributed by atoms with Gasteiger partial charge >= 0.3 is 0 Å². The Hall–Kier alpha value is -1.58. The number of hydrogen-bond acceptors (Lipinski definition) is 2. The lowest BCUT2D eigenvalue weighted by atomic mass is 9.79. The molecule has 20 heavy (non-hydrogen) atoms. The van der Waals surface area contributed by atoms with Crippen LogP contribution in [0.3, 0.4) is 0 Å². The van der Waals surface area contributed by atoms with Crippen LogP contribution in [0.4, 0.5) is 10.1 Å². The summed E-state index contributed by atoms with van der Waals surface area (Å²) in [7, 11) is 0. The quantitative estimate of drug-likeness (QED) is 0.816. The number of nitrogens with two attached hydrogens (primary N) is 1. The number of halogens is 1. The van der Waals surface area contributed by atoms with E-state index in [1.54, 1.807) is 13.0 Å². The maximum atomic E-state index is 13.6. The van der Waals surface area contributed by atoms with Gasteiger partial charge in [0.15, 0.2) is 0 Å². The molecule has 0 saturated heterocycles. The molecule has 0 bridgehead atoms. The van der Waals surface area contributed by atoms with Crippen molar-refractivity contribution >= 4 is 11.6 Å². The topological polar surface area (TPSA) is 55.1 Å². The Bertz CT molecular complexity index is 492. The molecule has 0 heterocycles. The second kappa shape index (κ2) is 5.81. The van der Waals surface area contributed by atoms with Gasteiger partial charge in [-0.2, -0.15) is 0 Å². The lowest BCUT2D eigenvalue weighted by Gasteiger charge is -2.32. The molecule has 1 aliphatic rings. The number of carbonyl (C=O) groups is 1. The van der Waals surface area contributed by atoms with Crippen molar-refractivity contribution < 1.29 is 9.18 Å². The fourth-order valence-electron chi connectivity index (χ4n) is 2.78. The molecule has 2 rings (SSSR count). The lowest BCUT2D eigenvalue weighted by Crippen LogP contribution is -2.39. The van der Waals surface area contributed by atoms with E-state index in [0.29, 0.717) is 28.7 Å². The molecule has 4 heteroatoms. The largest absolute Gasteiger partial charge is 0.398 e. The van der Waals surface area contributed by atoms with E-state index in [2.05, 4.69) is 19.2 Å². The fourth-order valence-corrected chi connectivity index (χ4v) is 2.78. The van der Waals surface area contributed by atoms with Crippen LogP contribution in [0.1, 0.15) is 49.0 Å². The van der Waals surface area contributed by atoms with E-state index in [1.165, 1.54) is 6.07 Å². The molecule has 0 radical (unpaired) electrons. The molecule has 1 saturated carbocycles. The Kier molecular flexibility index (Phi) is 4.31. The summed E-state index contributed by atoms with van der Waals surface area (Å²) in [5.41, 5.74) is 6.73. The highest BCUT2D eigenvalue weighted by atomic mass is 19.1. The van der Waals surface area contributed by atoms with E-state index in [1.807, 2.05) is 0 Å². The van der Waals surface area contributed by atoms with Gasteiger partial charge in [-0.3, -0.25) is 4.79 Å². The number of nitrogen functional groups attached to an aromatic ring is 1. The number of hydrogen-bond donors (Lipinski definition) is 2. The molecule has 1 fully saturated rings. The van der Waals surface area contributed by atoms with Gasteiger partial charge in [-0.25, -0.2) is 4.39 Å². The molecule has 110 valence electrons. The Morgan fingerprint density at radius 2 is 2.00 bits per heavy atom. The number of benzene rings is 1. The zero-order chi connectivity index (χ0) is 14.9. The molecule has 3 unspecified atom stereocenters. The van der Waals surface area contributed by atoms with Crippen LogP contribution in [0.25, 0.3) is 0 Å². The summed E-state index contributed by atoms with van der Waals surface area (Å²) in [6.45, 7) is 6.07. The molecular formula is C16H23FN2O. The van der Waals surface area contributed by atoms with E-state index in [0.717, 1.165) is 19.3 Å². The highest BCUT2D eigenvalue weighted by Gasteiger charge is 2.26. The van der Waals surface area contributed by atoms with Crippen molar-refractivity contribution in [1.82, 2.24) is 5.32 Å². The van der Waals surface area contributed by atoms with E-state index in [-0.39, 0.29) is 11.9 Å². The van der Waals surface area contributed by atoms with E-state index in [9.17, 15) is 9.18 Å². The third kappa shape index (κ3) is 3.11. The number of carbonyl (C=O) groups excluding carboxylic acids is 1. The van der Waals surface area contributed by atoms with Crippen molar-refractivity contribution in [2.45, 2.75) is 46.1 Å². The predicted octanol–water partition coefficient (Wildman–Crippen LogP) is 3.27. The van der Waals surface area contributed by atoms with Crippen LogP contribution in [-0.4, -0.2) is 11.9 Å². The highest BCUT2D eigenvalue weighted by molar-refractivity contribution is 5.95. The van der Waals surface area contributed by atoms with Gasteiger partial charge in [0.2, 0.25) is 0 Å². The predicted molar refractivity (Wildman–Crippen MR) is 79.0 cm³/mol. The van der Waals surface area contributed by atoms with Crippen LogP contribution in [0, 0.1) is 24.6 Å². The van der Waals surface area contributed by atoms with E-state index < -0.39 is 5.82 Å². The minimum absolute atomic E-state index is 0.180. The van der Waals surface area contributed by atoms with Crippen LogP contribution in [0.5, 0.6) is 0 Å². The zero-order valence-electron chi connectivity index (χ0n) is 12.4. The van der Waals surface area contributed by atoms with Gasteiger partial charge in [0, 0.05) is 22.9 Å². The fraction of sp³-hybridized carbons (Fsp3) is 0.562. The maximum Gasteiger partial charge on any atom is 0.251 e. The van der Waals surface area contributed by atoms with Crippen molar-refractivity contribution in [3.63, 3.8) is 0 Å². The summed E-state index contributed by atoms with van der Waals surface area (Å²) >= 11 is 0. The first kappa shape index (κ1) is 14.8. The van der Waals surface area contributed by atoms with Gasteiger partial charge in [0.25, 0.3) is 5.91 Å². The molecule has 1 aromatic rings. The summed E-state index contributed by atoms with van der Waals surface area (Å²) in [5, 5.41) is 3.00. The molecule has 3 N–H and O–H groups in total. The average Bonchev–Trinajstić information content (AvgIpc) is 2.39. The van der Waals surface area contributed by atoms with Crippen LogP contribution in [0.15, 0.2) is 12.1 Å². The van der Waals surface area contributed by atoms with Gasteiger partial charge in [0.1, 0.15) is 5.82 Å². The van der Waals surface area contributed by atoms with Crippen LogP contribution < -0.4 is 11.1 Å². The van der Waals surface area contributed by atoms with Crippen molar-refractivity contribution in [3.05, 3.63) is 29.1 Å². The van der Waals surface area contributed by atoms with Crippen molar-refractivity contribution in [3.8, 4) is 0 Å². The molecule has 0 aliphatic heterocycles. The molecule has 1 aliphatic carbocycles. The second-order valence-corrected chi connectivity index (χ2v) is 6.11. The first-order valence-corrected chi connectivity index (χ1v) is 7.25. The number of anilines is 1. The molecule has 1 aromatic carbocycles. The van der Waals surface area contributed by atoms with E-state index >= 15 is 0 Å². The average molecular weight is 278 g/mol. The third-order valence-electron chi connectivity index (χ3n) is 4.58. The summed E-state index contributed by atoms with van der Waals surface area (Å²) in [5.74, 6) is 0.646. The van der Waals surface area contributed by atoms with E-state index in [4.69, 9.17) is 5.73 Å². The number of amides is 1. The minimum Gasteiger partial charge on any atom is -0.398 e. The highest BCUT2D eigenvalue weighted by Crippen LogP contribution is 2.29. The number of rotatable bonds is 2. The first-order chi connectivity index (χ1) is 9.38. The minimum atomic E-state index is -0.430. The Balaban J connectivity index is 2.05. The molecule has 3 atom stereocenters. The van der Waals surface area contributed by atoms with Crippen LogP contribution in [0.2, 0.25) is 0 Å². The van der Waals surface area contributed by atoms with Gasteiger partial charge in [-0.1, -0.05) is 13.8 Å². The summed E-state index contributed by atoms with van der Waals surface area (Å²) in [4.78, 5) is 12.2. The lowest BCUT2D eigenvalue weighted by molar-refractivity contribution is 0.0910. The summed E-state index contributed by atoms with van der Waals surface area (Å²) in [6, 6.07) is 2.98. The molecule has 3 nitrogen and oxygen atoms in total. The SMILES string of the molecule is Cc1c(N)cc(C(=O)NC2CCC(C)C(C)C2)cc1F. The van der Waals surface area contributed by atoms with Crippen LogP contribution >= 0.6 is 0 Å². The van der Waals surface area contributed by atoms with Gasteiger partial charge < -0.3 is 11.1 Å². The zero-order valence-corrected chi connectivity index (χ0v) is 12.4. The van der Waals surface area contributed by atoms with Crippen LogP contribution in [-0.2, 0) is 0 Å². The van der Waals surface area contributed by atoms with Gasteiger partial charge in [-0.05, 0) is 50.2 Å². The normalized spacial score (nSPS) is 26.3. The second-order valence-electron chi connectivity index (χ2n) is 6.11. The van der Waals surface area contributed by atoms with Crippen molar-refractivity contribution in [1.29, 1.82) is 0 Å². The standard InChI is InChI=1S/C16H23FN2O/c1-9-4-5-13(6-10(9)2)19-16(20)12-7-14(17)11(3)15(18)8-12/h7-10,13H,4-6,18H2,1-3H3,(H,19,20). The Morgan fingerprint density at radius 3 is 2.60 bits per heavy atom. The summed E-state index contributed by atoms with van der Waals surface area (Å²) in [6.07, 6.45) is 3.09. The first-order valence-electron chi connectivity index (χ1n) is 7.25. The summed E-state index contributed by atoms with van der Waals surface area (Å²) < 4.78 is 13.6. The molecule has 1 amide bonds. The Morgan fingerprint density at radius 1 is 1.30 bits per heavy atom. The monoisotopic (exact) mass is 278 g/mol. The van der Waals surface area contributed by atoms with Crippen molar-refractivity contribution in [2.24, 2.45) is 11.8 Å².